The van der Waals surface area contributed by atoms with Crippen LogP contribution in [-0.4, -0.2) is 47.7 Å². The Morgan fingerprint density at radius 1 is 1.18 bits per heavy atom. The Labute approximate surface area is 166 Å². The van der Waals surface area contributed by atoms with E-state index >= 15 is 0 Å². The molecule has 150 valence electrons. The normalized spacial score (nSPS) is 20.0. The molecule has 0 spiro atoms. The largest absolute Gasteiger partial charge is 0.478 e. The zero-order chi connectivity index (χ0) is 19.9. The van der Waals surface area contributed by atoms with Gasteiger partial charge in [0.05, 0.1) is 18.8 Å². The van der Waals surface area contributed by atoms with Gasteiger partial charge in [-0.2, -0.15) is 0 Å². The minimum absolute atomic E-state index is 0.135. The van der Waals surface area contributed by atoms with Gasteiger partial charge in [-0.05, 0) is 38.0 Å². The fourth-order valence-electron chi connectivity index (χ4n) is 3.50. The lowest BCUT2D eigenvalue weighted by atomic mass is 10.1. The highest BCUT2D eigenvalue weighted by Gasteiger charge is 2.21. The SMILES string of the molecule is CCOc1cc(C(=O)NCc2ccc(CN3CC(C)OC(C)C3)cc2)ccn1. The van der Waals surface area contributed by atoms with Crippen molar-refractivity contribution >= 4 is 5.91 Å². The van der Waals surface area contributed by atoms with Crippen LogP contribution in [0.4, 0.5) is 0 Å². The van der Waals surface area contributed by atoms with Crippen LogP contribution < -0.4 is 10.1 Å². The van der Waals surface area contributed by atoms with Gasteiger partial charge in [0, 0.05) is 44.0 Å². The summed E-state index contributed by atoms with van der Waals surface area (Å²) >= 11 is 0. The number of aromatic nitrogens is 1. The minimum atomic E-state index is -0.135. The number of carbonyl (C=O) groups is 1. The molecule has 1 amide bonds. The lowest BCUT2D eigenvalue weighted by Gasteiger charge is -2.35. The van der Waals surface area contributed by atoms with Gasteiger partial charge in [-0.15, -0.1) is 0 Å². The topological polar surface area (TPSA) is 63.7 Å². The molecule has 1 aromatic heterocycles. The van der Waals surface area contributed by atoms with E-state index in [2.05, 4.69) is 53.3 Å². The average Bonchev–Trinajstić information content (AvgIpc) is 2.67. The highest BCUT2D eigenvalue weighted by atomic mass is 16.5. The van der Waals surface area contributed by atoms with Crippen LogP contribution in [0.1, 0.15) is 42.3 Å². The Hall–Kier alpha value is -2.44. The molecular weight excluding hydrogens is 354 g/mol. The quantitative estimate of drug-likeness (QED) is 0.796. The lowest BCUT2D eigenvalue weighted by Crippen LogP contribution is -2.44. The first-order valence-corrected chi connectivity index (χ1v) is 9.86. The number of hydrogen-bond acceptors (Lipinski definition) is 5. The van der Waals surface area contributed by atoms with Gasteiger partial charge in [-0.1, -0.05) is 24.3 Å². The number of amides is 1. The summed E-state index contributed by atoms with van der Waals surface area (Å²) in [6.45, 7) is 9.96. The fourth-order valence-corrected chi connectivity index (χ4v) is 3.50. The number of nitrogens with one attached hydrogen (secondary N) is 1. The molecule has 1 saturated heterocycles. The van der Waals surface area contributed by atoms with Gasteiger partial charge in [0.25, 0.3) is 5.91 Å². The molecule has 1 aromatic carbocycles. The molecule has 0 saturated carbocycles. The summed E-state index contributed by atoms with van der Waals surface area (Å²) in [5.74, 6) is 0.329. The monoisotopic (exact) mass is 383 g/mol. The number of pyridine rings is 1. The van der Waals surface area contributed by atoms with E-state index in [1.165, 1.54) is 5.56 Å². The second-order valence-corrected chi connectivity index (χ2v) is 7.27. The van der Waals surface area contributed by atoms with Gasteiger partial charge in [0.15, 0.2) is 0 Å². The third-order valence-corrected chi connectivity index (χ3v) is 4.67. The van der Waals surface area contributed by atoms with Crippen molar-refractivity contribution in [3.63, 3.8) is 0 Å². The molecule has 6 heteroatoms. The van der Waals surface area contributed by atoms with Crippen molar-refractivity contribution < 1.29 is 14.3 Å². The van der Waals surface area contributed by atoms with E-state index in [1.54, 1.807) is 18.3 Å². The van der Waals surface area contributed by atoms with Crippen molar-refractivity contribution in [2.75, 3.05) is 19.7 Å². The first-order valence-electron chi connectivity index (χ1n) is 9.86. The van der Waals surface area contributed by atoms with E-state index in [0.717, 1.165) is 25.2 Å². The van der Waals surface area contributed by atoms with Gasteiger partial charge in [-0.3, -0.25) is 9.69 Å². The van der Waals surface area contributed by atoms with E-state index in [-0.39, 0.29) is 18.1 Å². The number of ether oxygens (including phenoxy) is 2. The summed E-state index contributed by atoms with van der Waals surface area (Å²) in [6, 6.07) is 11.7. The average molecular weight is 383 g/mol. The first kappa shape index (κ1) is 20.3. The molecule has 6 nitrogen and oxygen atoms in total. The van der Waals surface area contributed by atoms with Crippen LogP contribution in [0.15, 0.2) is 42.6 Å². The fraction of sp³-hybridized carbons (Fsp3) is 0.455. The highest BCUT2D eigenvalue weighted by molar-refractivity contribution is 5.94. The highest BCUT2D eigenvalue weighted by Crippen LogP contribution is 2.15. The third-order valence-electron chi connectivity index (χ3n) is 4.67. The van der Waals surface area contributed by atoms with Crippen LogP contribution in [0.25, 0.3) is 0 Å². The van der Waals surface area contributed by atoms with Crippen molar-refractivity contribution in [1.29, 1.82) is 0 Å². The zero-order valence-electron chi connectivity index (χ0n) is 16.9. The number of morpholine rings is 1. The Balaban J connectivity index is 1.51. The predicted octanol–water partition coefficient (Wildman–Crippen LogP) is 3.02. The van der Waals surface area contributed by atoms with Gasteiger partial charge < -0.3 is 14.8 Å². The summed E-state index contributed by atoms with van der Waals surface area (Å²) < 4.78 is 11.1. The predicted molar refractivity (Wildman–Crippen MR) is 108 cm³/mol. The number of hydrogen-bond donors (Lipinski definition) is 1. The molecule has 28 heavy (non-hydrogen) atoms. The second-order valence-electron chi connectivity index (χ2n) is 7.27. The van der Waals surface area contributed by atoms with E-state index < -0.39 is 0 Å². The van der Waals surface area contributed by atoms with E-state index in [0.29, 0.717) is 24.6 Å². The molecule has 1 aliphatic heterocycles. The lowest BCUT2D eigenvalue weighted by molar-refractivity contribution is -0.0704. The number of rotatable bonds is 7. The summed E-state index contributed by atoms with van der Waals surface area (Å²) in [5, 5.41) is 2.95. The summed E-state index contributed by atoms with van der Waals surface area (Å²) in [5.41, 5.74) is 2.89. The van der Waals surface area contributed by atoms with E-state index in [1.807, 2.05) is 6.92 Å². The van der Waals surface area contributed by atoms with Gasteiger partial charge in [0.1, 0.15) is 0 Å². The first-order chi connectivity index (χ1) is 13.5. The molecule has 1 aliphatic rings. The molecule has 2 unspecified atom stereocenters. The van der Waals surface area contributed by atoms with Crippen molar-refractivity contribution in [3.05, 3.63) is 59.3 Å². The molecular formula is C22H29N3O3. The molecule has 0 aliphatic carbocycles. The maximum absolute atomic E-state index is 12.4. The summed E-state index contributed by atoms with van der Waals surface area (Å²) in [4.78, 5) is 18.9. The molecule has 0 radical (unpaired) electrons. The van der Waals surface area contributed by atoms with E-state index in [9.17, 15) is 4.79 Å². The standard InChI is InChI=1S/C22H29N3O3/c1-4-27-21-11-20(9-10-23-21)22(26)24-12-18-5-7-19(8-6-18)15-25-13-16(2)28-17(3)14-25/h5-11,16-17H,4,12-15H2,1-3H3,(H,24,26). The van der Waals surface area contributed by atoms with Crippen LogP contribution in [-0.2, 0) is 17.8 Å². The van der Waals surface area contributed by atoms with Crippen LogP contribution in [0, 0.1) is 0 Å². The maximum Gasteiger partial charge on any atom is 0.251 e. The molecule has 3 rings (SSSR count). The van der Waals surface area contributed by atoms with Crippen LogP contribution in [0.2, 0.25) is 0 Å². The van der Waals surface area contributed by atoms with Crippen LogP contribution >= 0.6 is 0 Å². The van der Waals surface area contributed by atoms with Crippen molar-refractivity contribution in [2.24, 2.45) is 0 Å². The van der Waals surface area contributed by atoms with Gasteiger partial charge >= 0.3 is 0 Å². The van der Waals surface area contributed by atoms with Crippen LogP contribution in [0.5, 0.6) is 5.88 Å². The molecule has 2 aromatic rings. The molecule has 1 fully saturated rings. The number of benzene rings is 1. The Morgan fingerprint density at radius 3 is 2.54 bits per heavy atom. The Kier molecular flexibility index (Phi) is 7.01. The third kappa shape index (κ3) is 5.78. The Morgan fingerprint density at radius 2 is 1.86 bits per heavy atom. The van der Waals surface area contributed by atoms with Crippen molar-refractivity contribution in [2.45, 2.75) is 46.1 Å². The van der Waals surface area contributed by atoms with E-state index in [4.69, 9.17) is 9.47 Å². The molecule has 2 heterocycles. The second kappa shape index (κ2) is 9.66. The number of nitrogens with zero attached hydrogens (tertiary/aromatic N) is 2. The summed E-state index contributed by atoms with van der Waals surface area (Å²) in [7, 11) is 0. The van der Waals surface area contributed by atoms with Crippen molar-refractivity contribution in [3.8, 4) is 5.88 Å². The zero-order valence-corrected chi connectivity index (χ0v) is 16.9. The minimum Gasteiger partial charge on any atom is -0.478 e. The van der Waals surface area contributed by atoms with Crippen molar-refractivity contribution in [1.82, 2.24) is 15.2 Å². The molecule has 2 atom stereocenters. The molecule has 1 N–H and O–H groups in total. The maximum atomic E-state index is 12.4. The molecule has 0 bridgehead atoms. The Bertz CT molecular complexity index is 769. The number of carbonyl (C=O) groups excluding carboxylic acids is 1. The van der Waals surface area contributed by atoms with Gasteiger partial charge in [0.2, 0.25) is 5.88 Å². The smallest absolute Gasteiger partial charge is 0.251 e. The van der Waals surface area contributed by atoms with Crippen LogP contribution in [0.3, 0.4) is 0 Å². The van der Waals surface area contributed by atoms with Gasteiger partial charge in [-0.25, -0.2) is 4.98 Å². The summed E-state index contributed by atoms with van der Waals surface area (Å²) in [6.07, 6.45) is 2.13.